The van der Waals surface area contributed by atoms with Gasteiger partial charge < -0.3 is 15.4 Å². The highest BCUT2D eigenvalue weighted by atomic mass is 16.5. The number of carbonyl (C=O) groups excluding carboxylic acids is 2. The summed E-state index contributed by atoms with van der Waals surface area (Å²) < 4.78 is 5.14. The fourth-order valence-electron chi connectivity index (χ4n) is 2.26. The summed E-state index contributed by atoms with van der Waals surface area (Å²) in [5.74, 6) is 0.144. The number of carbonyl (C=O) groups is 2. The van der Waals surface area contributed by atoms with Crippen molar-refractivity contribution in [2.75, 3.05) is 14.2 Å². The zero-order valence-corrected chi connectivity index (χ0v) is 13.4. The first-order valence-electron chi connectivity index (χ1n) is 7.25. The van der Waals surface area contributed by atoms with Gasteiger partial charge in [0, 0.05) is 18.2 Å². The van der Waals surface area contributed by atoms with Gasteiger partial charge >= 0.3 is 0 Å². The second-order valence-electron chi connectivity index (χ2n) is 5.31. The molecule has 0 radical (unpaired) electrons. The van der Waals surface area contributed by atoms with E-state index in [0.29, 0.717) is 11.1 Å². The van der Waals surface area contributed by atoms with Crippen molar-refractivity contribution in [2.24, 2.45) is 5.73 Å². The van der Waals surface area contributed by atoms with E-state index in [-0.39, 0.29) is 11.9 Å². The molecule has 120 valence electrons. The van der Waals surface area contributed by atoms with Crippen molar-refractivity contribution < 1.29 is 14.3 Å². The zero-order chi connectivity index (χ0) is 17.0. The third-order valence-corrected chi connectivity index (χ3v) is 3.92. The molecule has 0 saturated carbocycles. The molecule has 0 bridgehead atoms. The summed E-state index contributed by atoms with van der Waals surface area (Å²) in [5.41, 5.74) is 7.11. The molecule has 23 heavy (non-hydrogen) atoms. The Balaban J connectivity index is 2.15. The van der Waals surface area contributed by atoms with Crippen LogP contribution in [-0.4, -0.2) is 30.9 Å². The van der Waals surface area contributed by atoms with Gasteiger partial charge in [-0.05, 0) is 48.9 Å². The average molecular weight is 312 g/mol. The van der Waals surface area contributed by atoms with Gasteiger partial charge in [-0.3, -0.25) is 9.59 Å². The molecule has 0 aliphatic rings. The van der Waals surface area contributed by atoms with Gasteiger partial charge in [0.05, 0.1) is 13.2 Å². The fourth-order valence-corrected chi connectivity index (χ4v) is 2.26. The van der Waals surface area contributed by atoms with Crippen molar-refractivity contribution in [1.29, 1.82) is 0 Å². The van der Waals surface area contributed by atoms with E-state index in [1.165, 1.54) is 0 Å². The lowest BCUT2D eigenvalue weighted by molar-refractivity contribution is 0.0742. The number of benzene rings is 2. The number of hydrogen-bond donors (Lipinski definition) is 1. The number of hydrogen-bond acceptors (Lipinski definition) is 3. The molecule has 2 aromatic rings. The molecule has 5 nitrogen and oxygen atoms in total. The Morgan fingerprint density at radius 2 is 1.52 bits per heavy atom. The number of amides is 2. The van der Waals surface area contributed by atoms with E-state index in [4.69, 9.17) is 10.5 Å². The van der Waals surface area contributed by atoms with Crippen LogP contribution < -0.4 is 10.5 Å². The molecule has 2 rings (SSSR count). The molecule has 0 fully saturated rings. The van der Waals surface area contributed by atoms with Crippen LogP contribution in [0.4, 0.5) is 0 Å². The van der Waals surface area contributed by atoms with Crippen LogP contribution in [0.2, 0.25) is 0 Å². The van der Waals surface area contributed by atoms with Crippen molar-refractivity contribution in [3.8, 4) is 5.75 Å². The third-order valence-electron chi connectivity index (χ3n) is 3.92. The molecule has 2 amide bonds. The SMILES string of the molecule is COc1ccc(C(C)N(C)C(=O)c2ccc(C(N)=O)cc2)cc1. The standard InChI is InChI=1S/C18H20N2O3/c1-12(13-8-10-16(23-3)11-9-13)20(2)18(22)15-6-4-14(5-7-15)17(19)21/h4-12H,1-3H3,(H2,19,21). The van der Waals surface area contributed by atoms with Crippen LogP contribution in [0.25, 0.3) is 0 Å². The topological polar surface area (TPSA) is 72.6 Å². The number of nitrogens with zero attached hydrogens (tertiary/aromatic N) is 1. The monoisotopic (exact) mass is 312 g/mol. The Kier molecular flexibility index (Phi) is 5.01. The molecular weight excluding hydrogens is 292 g/mol. The molecular formula is C18H20N2O3. The molecule has 0 aliphatic carbocycles. The van der Waals surface area contributed by atoms with Crippen LogP contribution in [0, 0.1) is 0 Å². The lowest BCUT2D eigenvalue weighted by Gasteiger charge is -2.25. The first kappa shape index (κ1) is 16.5. The van der Waals surface area contributed by atoms with Crippen molar-refractivity contribution >= 4 is 11.8 Å². The second kappa shape index (κ2) is 6.96. The number of primary amides is 1. The van der Waals surface area contributed by atoms with Gasteiger partial charge in [0.15, 0.2) is 0 Å². The molecule has 2 N–H and O–H groups in total. The summed E-state index contributed by atoms with van der Waals surface area (Å²) in [6, 6.07) is 13.8. The molecule has 1 unspecified atom stereocenters. The van der Waals surface area contributed by atoms with Gasteiger partial charge in [-0.2, -0.15) is 0 Å². The van der Waals surface area contributed by atoms with E-state index >= 15 is 0 Å². The van der Waals surface area contributed by atoms with Crippen LogP contribution in [0.15, 0.2) is 48.5 Å². The molecule has 1 atom stereocenters. The summed E-state index contributed by atoms with van der Waals surface area (Å²) in [5, 5.41) is 0. The zero-order valence-electron chi connectivity index (χ0n) is 13.4. The second-order valence-corrected chi connectivity index (χ2v) is 5.31. The van der Waals surface area contributed by atoms with E-state index in [1.807, 2.05) is 31.2 Å². The minimum absolute atomic E-state index is 0.0933. The first-order valence-corrected chi connectivity index (χ1v) is 7.25. The Morgan fingerprint density at radius 3 is 2.00 bits per heavy atom. The van der Waals surface area contributed by atoms with E-state index < -0.39 is 5.91 Å². The van der Waals surface area contributed by atoms with Crippen LogP contribution in [-0.2, 0) is 0 Å². The highest BCUT2D eigenvalue weighted by Crippen LogP contribution is 2.23. The molecule has 0 saturated heterocycles. The van der Waals surface area contributed by atoms with E-state index in [0.717, 1.165) is 11.3 Å². The summed E-state index contributed by atoms with van der Waals surface area (Å²) in [6.45, 7) is 1.96. The Bertz CT molecular complexity index is 693. The molecule has 0 spiro atoms. The third kappa shape index (κ3) is 3.69. The minimum Gasteiger partial charge on any atom is -0.497 e. The Hall–Kier alpha value is -2.82. The maximum absolute atomic E-state index is 12.5. The average Bonchev–Trinajstić information content (AvgIpc) is 2.60. The van der Waals surface area contributed by atoms with Crippen LogP contribution in [0.1, 0.15) is 39.2 Å². The van der Waals surface area contributed by atoms with Gasteiger partial charge in [-0.25, -0.2) is 0 Å². The number of rotatable bonds is 5. The van der Waals surface area contributed by atoms with Crippen molar-refractivity contribution in [2.45, 2.75) is 13.0 Å². The maximum atomic E-state index is 12.5. The Morgan fingerprint density at radius 1 is 1.00 bits per heavy atom. The fraction of sp³-hybridized carbons (Fsp3) is 0.222. The van der Waals surface area contributed by atoms with E-state index in [1.54, 1.807) is 43.3 Å². The largest absolute Gasteiger partial charge is 0.497 e. The molecule has 0 aliphatic heterocycles. The smallest absolute Gasteiger partial charge is 0.254 e. The van der Waals surface area contributed by atoms with Gasteiger partial charge in [0.25, 0.3) is 5.91 Å². The molecule has 0 aromatic heterocycles. The van der Waals surface area contributed by atoms with Gasteiger partial charge in [-0.1, -0.05) is 12.1 Å². The van der Waals surface area contributed by atoms with Crippen molar-refractivity contribution in [1.82, 2.24) is 4.90 Å². The molecule has 5 heteroatoms. The summed E-state index contributed by atoms with van der Waals surface area (Å²) in [6.07, 6.45) is 0. The Labute approximate surface area is 135 Å². The number of methoxy groups -OCH3 is 1. The summed E-state index contributed by atoms with van der Waals surface area (Å²) in [7, 11) is 3.36. The first-order chi connectivity index (χ1) is 10.9. The van der Waals surface area contributed by atoms with E-state index in [9.17, 15) is 9.59 Å². The van der Waals surface area contributed by atoms with Crippen LogP contribution in [0.3, 0.4) is 0 Å². The summed E-state index contributed by atoms with van der Waals surface area (Å²) in [4.78, 5) is 25.3. The lowest BCUT2D eigenvalue weighted by atomic mass is 10.1. The number of nitrogens with two attached hydrogens (primary N) is 1. The highest BCUT2D eigenvalue weighted by molar-refractivity contribution is 5.97. The van der Waals surface area contributed by atoms with Crippen LogP contribution in [0.5, 0.6) is 5.75 Å². The predicted octanol–water partition coefficient (Wildman–Crippen LogP) is 2.63. The molecule has 0 heterocycles. The lowest BCUT2D eigenvalue weighted by Crippen LogP contribution is -2.29. The van der Waals surface area contributed by atoms with Crippen molar-refractivity contribution in [3.05, 3.63) is 65.2 Å². The minimum atomic E-state index is -0.510. The van der Waals surface area contributed by atoms with Crippen molar-refractivity contribution in [3.63, 3.8) is 0 Å². The summed E-state index contributed by atoms with van der Waals surface area (Å²) >= 11 is 0. The number of ether oxygens (including phenoxy) is 1. The van der Waals surface area contributed by atoms with E-state index in [2.05, 4.69) is 0 Å². The van der Waals surface area contributed by atoms with Gasteiger partial charge in [0.1, 0.15) is 5.75 Å². The predicted molar refractivity (Wildman–Crippen MR) is 88.5 cm³/mol. The molecule has 2 aromatic carbocycles. The quantitative estimate of drug-likeness (QED) is 0.922. The normalized spacial score (nSPS) is 11.6. The maximum Gasteiger partial charge on any atom is 0.254 e. The van der Waals surface area contributed by atoms with Gasteiger partial charge in [0.2, 0.25) is 5.91 Å². The van der Waals surface area contributed by atoms with Gasteiger partial charge in [-0.15, -0.1) is 0 Å². The highest BCUT2D eigenvalue weighted by Gasteiger charge is 2.19. The van der Waals surface area contributed by atoms with Crippen LogP contribution >= 0.6 is 0 Å².